The molecule has 1 aromatic rings. The fourth-order valence-corrected chi connectivity index (χ4v) is 1.53. The van der Waals surface area contributed by atoms with Crippen LogP contribution in [-0.2, 0) is 0 Å². The van der Waals surface area contributed by atoms with E-state index in [-0.39, 0.29) is 0 Å². The van der Waals surface area contributed by atoms with E-state index >= 15 is 0 Å². The van der Waals surface area contributed by atoms with E-state index in [1.54, 1.807) is 12.3 Å². The number of hydrogen-bond donors (Lipinski definition) is 0. The van der Waals surface area contributed by atoms with E-state index in [2.05, 4.69) is 16.9 Å². The van der Waals surface area contributed by atoms with E-state index in [1.807, 2.05) is 6.07 Å². The SMILES string of the molecule is CN1CC[C@@H]1COc1cncc(C#N)c1. The summed E-state index contributed by atoms with van der Waals surface area (Å²) in [6, 6.07) is 4.26. The van der Waals surface area contributed by atoms with Crippen LogP contribution in [0.25, 0.3) is 0 Å². The smallest absolute Gasteiger partial charge is 0.138 e. The van der Waals surface area contributed by atoms with Gasteiger partial charge in [0.1, 0.15) is 18.4 Å². The first-order valence-corrected chi connectivity index (χ1v) is 4.98. The third-order valence-electron chi connectivity index (χ3n) is 2.72. The number of hydrogen-bond acceptors (Lipinski definition) is 4. The lowest BCUT2D eigenvalue weighted by Gasteiger charge is -2.37. The summed E-state index contributed by atoms with van der Waals surface area (Å²) in [7, 11) is 2.08. The second-order valence-corrected chi connectivity index (χ2v) is 3.76. The predicted octanol–water partition coefficient (Wildman–Crippen LogP) is 1.04. The maximum absolute atomic E-state index is 8.69. The lowest BCUT2D eigenvalue weighted by atomic mass is 10.1. The van der Waals surface area contributed by atoms with Crippen molar-refractivity contribution in [2.75, 3.05) is 20.2 Å². The second-order valence-electron chi connectivity index (χ2n) is 3.76. The van der Waals surface area contributed by atoms with Crippen LogP contribution in [0.4, 0.5) is 0 Å². The number of likely N-dealkylation sites (tertiary alicyclic amines) is 1. The topological polar surface area (TPSA) is 49.1 Å². The van der Waals surface area contributed by atoms with Crippen LogP contribution in [0.2, 0.25) is 0 Å². The molecule has 1 fully saturated rings. The van der Waals surface area contributed by atoms with Gasteiger partial charge in [0.15, 0.2) is 0 Å². The van der Waals surface area contributed by atoms with Crippen molar-refractivity contribution >= 4 is 0 Å². The zero-order valence-corrected chi connectivity index (χ0v) is 8.68. The highest BCUT2D eigenvalue weighted by Crippen LogP contribution is 2.17. The quantitative estimate of drug-likeness (QED) is 0.736. The van der Waals surface area contributed by atoms with Crippen LogP contribution in [0.5, 0.6) is 5.75 Å². The Balaban J connectivity index is 1.90. The van der Waals surface area contributed by atoms with Crippen molar-refractivity contribution in [1.82, 2.24) is 9.88 Å². The molecule has 1 aliphatic heterocycles. The summed E-state index contributed by atoms with van der Waals surface area (Å²) < 4.78 is 5.57. The summed E-state index contributed by atoms with van der Waals surface area (Å²) in [5.74, 6) is 0.675. The minimum atomic E-state index is 0.510. The number of ether oxygens (including phenoxy) is 1. The summed E-state index contributed by atoms with van der Waals surface area (Å²) in [4.78, 5) is 6.19. The van der Waals surface area contributed by atoms with Crippen LogP contribution in [-0.4, -0.2) is 36.1 Å². The normalized spacial score (nSPS) is 20.4. The van der Waals surface area contributed by atoms with Gasteiger partial charge in [-0.2, -0.15) is 5.26 Å². The lowest BCUT2D eigenvalue weighted by Crippen LogP contribution is -2.48. The Bertz CT molecular complexity index is 386. The Morgan fingerprint density at radius 2 is 2.53 bits per heavy atom. The molecule has 78 valence electrons. The molecule has 1 aliphatic rings. The largest absolute Gasteiger partial charge is 0.490 e. The molecule has 0 saturated carbocycles. The van der Waals surface area contributed by atoms with Gasteiger partial charge in [0.2, 0.25) is 0 Å². The van der Waals surface area contributed by atoms with Gasteiger partial charge in [-0.15, -0.1) is 0 Å². The first kappa shape index (κ1) is 9.94. The van der Waals surface area contributed by atoms with Gasteiger partial charge < -0.3 is 4.74 Å². The van der Waals surface area contributed by atoms with Gasteiger partial charge in [0.25, 0.3) is 0 Å². The first-order chi connectivity index (χ1) is 7.29. The monoisotopic (exact) mass is 203 g/mol. The number of rotatable bonds is 3. The van der Waals surface area contributed by atoms with E-state index in [0.29, 0.717) is 24.0 Å². The fourth-order valence-electron chi connectivity index (χ4n) is 1.53. The van der Waals surface area contributed by atoms with E-state index in [1.165, 1.54) is 12.6 Å². The molecule has 15 heavy (non-hydrogen) atoms. The summed E-state index contributed by atoms with van der Waals surface area (Å²) in [5, 5.41) is 8.69. The molecule has 0 spiro atoms. The summed E-state index contributed by atoms with van der Waals surface area (Å²) >= 11 is 0. The molecule has 0 radical (unpaired) electrons. The fraction of sp³-hybridized carbons (Fsp3) is 0.455. The molecule has 2 rings (SSSR count). The molecule has 0 bridgehead atoms. The van der Waals surface area contributed by atoms with Crippen molar-refractivity contribution in [1.29, 1.82) is 5.26 Å². The highest BCUT2D eigenvalue weighted by molar-refractivity contribution is 5.32. The Labute approximate surface area is 89.1 Å². The lowest BCUT2D eigenvalue weighted by molar-refractivity contribution is 0.0767. The Morgan fingerprint density at radius 3 is 3.13 bits per heavy atom. The second kappa shape index (κ2) is 4.28. The molecule has 1 atom stereocenters. The number of likely N-dealkylation sites (N-methyl/N-ethyl adjacent to an activating group) is 1. The average molecular weight is 203 g/mol. The summed E-state index contributed by atoms with van der Waals surface area (Å²) in [6.45, 7) is 1.82. The van der Waals surface area contributed by atoms with Crippen molar-refractivity contribution in [2.24, 2.45) is 0 Å². The highest BCUT2D eigenvalue weighted by Gasteiger charge is 2.24. The summed E-state index contributed by atoms with van der Waals surface area (Å²) in [6.07, 6.45) is 4.35. The van der Waals surface area contributed by atoms with Crippen molar-refractivity contribution in [3.8, 4) is 11.8 Å². The van der Waals surface area contributed by atoms with Crippen LogP contribution < -0.4 is 4.74 Å². The molecule has 4 nitrogen and oxygen atoms in total. The van der Waals surface area contributed by atoms with E-state index in [4.69, 9.17) is 10.00 Å². The third kappa shape index (κ3) is 2.25. The molecular weight excluding hydrogens is 190 g/mol. The van der Waals surface area contributed by atoms with Gasteiger partial charge in [0.05, 0.1) is 11.8 Å². The van der Waals surface area contributed by atoms with Gasteiger partial charge in [0, 0.05) is 18.3 Å². The molecule has 0 N–H and O–H groups in total. The van der Waals surface area contributed by atoms with E-state index in [9.17, 15) is 0 Å². The van der Waals surface area contributed by atoms with Crippen LogP contribution >= 0.6 is 0 Å². The Kier molecular flexibility index (Phi) is 2.84. The van der Waals surface area contributed by atoms with Gasteiger partial charge in [-0.25, -0.2) is 0 Å². The minimum absolute atomic E-state index is 0.510. The van der Waals surface area contributed by atoms with Crippen molar-refractivity contribution in [3.63, 3.8) is 0 Å². The zero-order valence-electron chi connectivity index (χ0n) is 8.68. The van der Waals surface area contributed by atoms with Crippen LogP contribution in [0.1, 0.15) is 12.0 Å². The number of aromatic nitrogens is 1. The molecule has 4 heteroatoms. The van der Waals surface area contributed by atoms with Gasteiger partial charge in [-0.3, -0.25) is 9.88 Å². The van der Waals surface area contributed by atoms with Crippen molar-refractivity contribution in [2.45, 2.75) is 12.5 Å². The molecule has 1 saturated heterocycles. The van der Waals surface area contributed by atoms with E-state index < -0.39 is 0 Å². The number of pyridine rings is 1. The summed E-state index contributed by atoms with van der Waals surface area (Å²) in [5.41, 5.74) is 0.537. The molecule has 0 unspecified atom stereocenters. The van der Waals surface area contributed by atoms with Gasteiger partial charge >= 0.3 is 0 Å². The van der Waals surface area contributed by atoms with Crippen LogP contribution in [0.3, 0.4) is 0 Å². The molecule has 0 aliphatic carbocycles. The standard InChI is InChI=1S/C11H13N3O/c1-14-3-2-10(14)8-15-11-4-9(5-12)6-13-7-11/h4,6-7,10H,2-3,8H2,1H3/t10-/m1/s1. The van der Waals surface area contributed by atoms with Gasteiger partial charge in [-0.1, -0.05) is 0 Å². The zero-order chi connectivity index (χ0) is 10.7. The molecular formula is C11H13N3O. The first-order valence-electron chi connectivity index (χ1n) is 4.98. The van der Waals surface area contributed by atoms with E-state index in [0.717, 1.165) is 6.54 Å². The number of nitriles is 1. The average Bonchev–Trinajstić information content (AvgIpc) is 2.27. The Morgan fingerprint density at radius 1 is 1.67 bits per heavy atom. The van der Waals surface area contributed by atoms with Crippen molar-refractivity contribution in [3.05, 3.63) is 24.0 Å². The molecule has 0 aromatic carbocycles. The maximum atomic E-state index is 8.69. The van der Waals surface area contributed by atoms with Gasteiger partial charge in [-0.05, 0) is 20.0 Å². The van der Waals surface area contributed by atoms with Crippen molar-refractivity contribution < 1.29 is 4.74 Å². The Hall–Kier alpha value is -1.60. The molecule has 1 aromatic heterocycles. The molecule has 2 heterocycles. The maximum Gasteiger partial charge on any atom is 0.138 e. The van der Waals surface area contributed by atoms with Crippen LogP contribution in [0.15, 0.2) is 18.5 Å². The molecule has 0 amide bonds. The third-order valence-corrected chi connectivity index (χ3v) is 2.72. The predicted molar refractivity (Wildman–Crippen MR) is 55.5 cm³/mol. The highest BCUT2D eigenvalue weighted by atomic mass is 16.5. The van der Waals surface area contributed by atoms with Crippen LogP contribution in [0, 0.1) is 11.3 Å². The minimum Gasteiger partial charge on any atom is -0.490 e. The number of nitrogens with zero attached hydrogens (tertiary/aromatic N) is 3.